The molecule has 33 heavy (non-hydrogen) atoms. The quantitative estimate of drug-likeness (QED) is 0.341. The third-order valence-corrected chi connectivity index (χ3v) is 5.81. The molecule has 0 radical (unpaired) electrons. The molecule has 170 valence electrons. The van der Waals surface area contributed by atoms with Crippen molar-refractivity contribution < 1.29 is 24.2 Å². The molecule has 2 aliphatic rings. The van der Waals surface area contributed by atoms with Gasteiger partial charge in [-0.15, -0.1) is 0 Å². The average Bonchev–Trinajstić information content (AvgIpc) is 3.37. The van der Waals surface area contributed by atoms with Crippen LogP contribution in [0.15, 0.2) is 52.6 Å². The van der Waals surface area contributed by atoms with Crippen LogP contribution in [0.1, 0.15) is 21.5 Å². The highest BCUT2D eigenvalue weighted by Crippen LogP contribution is 2.36. The van der Waals surface area contributed by atoms with Crippen LogP contribution < -0.4 is 0 Å². The molecule has 2 aliphatic heterocycles. The van der Waals surface area contributed by atoms with E-state index in [-0.39, 0.29) is 5.88 Å². The Morgan fingerprint density at radius 3 is 2.88 bits per heavy atom. The Balaban J connectivity index is 1.49. The number of nitrogens with one attached hydrogen (secondary N) is 1. The van der Waals surface area contributed by atoms with Crippen LogP contribution in [0.2, 0.25) is 0 Å². The van der Waals surface area contributed by atoms with Gasteiger partial charge in [0.05, 0.1) is 37.1 Å². The summed E-state index contributed by atoms with van der Waals surface area (Å²) in [5.41, 5.74) is 4.07. The molecule has 0 spiro atoms. The van der Waals surface area contributed by atoms with Crippen molar-refractivity contribution in [2.24, 2.45) is 10.1 Å². The number of nitrogens with zero attached hydrogens (tertiary/aromatic N) is 3. The summed E-state index contributed by atoms with van der Waals surface area (Å²) in [5, 5.41) is 15.8. The number of aromatic hydroxyl groups is 1. The predicted molar refractivity (Wildman–Crippen MR) is 124 cm³/mol. The number of aromatic amines is 1. The van der Waals surface area contributed by atoms with Gasteiger partial charge in [0, 0.05) is 36.1 Å². The first-order valence-corrected chi connectivity index (χ1v) is 10.8. The fraction of sp³-hybridized carbons (Fsp3) is 0.292. The Hall–Kier alpha value is -3.69. The third kappa shape index (κ3) is 4.08. The first kappa shape index (κ1) is 21.2. The van der Waals surface area contributed by atoms with Gasteiger partial charge in [0.2, 0.25) is 0 Å². The number of para-hydroxylation sites is 1. The highest BCUT2D eigenvalue weighted by atomic mass is 16.6. The molecule has 1 saturated heterocycles. The summed E-state index contributed by atoms with van der Waals surface area (Å²) in [6, 6.07) is 12.7. The summed E-state index contributed by atoms with van der Waals surface area (Å²) in [6.07, 6.45) is 0. The Morgan fingerprint density at radius 1 is 1.24 bits per heavy atom. The van der Waals surface area contributed by atoms with Crippen LogP contribution in [0.3, 0.4) is 0 Å². The number of benzene rings is 2. The number of hydrogen-bond donors (Lipinski definition) is 2. The number of H-pyrrole nitrogens is 1. The van der Waals surface area contributed by atoms with E-state index in [0.717, 1.165) is 44.1 Å². The van der Waals surface area contributed by atoms with Crippen LogP contribution in [-0.4, -0.2) is 78.9 Å². The van der Waals surface area contributed by atoms with Crippen molar-refractivity contribution in [3.8, 4) is 5.88 Å². The van der Waals surface area contributed by atoms with E-state index in [2.05, 4.69) is 15.0 Å². The molecule has 0 aliphatic carbocycles. The Labute approximate surface area is 190 Å². The molecule has 2 N–H and O–H groups in total. The van der Waals surface area contributed by atoms with Gasteiger partial charge in [-0.1, -0.05) is 23.4 Å². The second-order valence-corrected chi connectivity index (χ2v) is 7.81. The topological polar surface area (TPSA) is 109 Å². The highest BCUT2D eigenvalue weighted by molar-refractivity contribution is 6.58. The van der Waals surface area contributed by atoms with E-state index in [1.54, 1.807) is 18.2 Å². The maximum Gasteiger partial charge on any atom is 0.337 e. The van der Waals surface area contributed by atoms with Crippen molar-refractivity contribution in [3.63, 3.8) is 0 Å². The van der Waals surface area contributed by atoms with E-state index in [1.807, 2.05) is 24.3 Å². The first-order chi connectivity index (χ1) is 16.2. The second-order valence-electron chi connectivity index (χ2n) is 7.81. The number of morpholine rings is 1. The first-order valence-electron chi connectivity index (χ1n) is 10.8. The molecule has 0 atom stereocenters. The van der Waals surface area contributed by atoms with Gasteiger partial charge < -0.3 is 24.4 Å². The molecular weight excluding hydrogens is 424 g/mol. The number of fused-ring (bicyclic) bond motifs is 2. The number of oxime groups is 1. The van der Waals surface area contributed by atoms with E-state index >= 15 is 0 Å². The largest absolute Gasteiger partial charge is 0.494 e. The molecule has 5 rings (SSSR count). The summed E-state index contributed by atoms with van der Waals surface area (Å²) >= 11 is 0. The van der Waals surface area contributed by atoms with Crippen LogP contribution in [0, 0.1) is 0 Å². The molecule has 1 fully saturated rings. The van der Waals surface area contributed by atoms with E-state index in [0.29, 0.717) is 40.1 Å². The molecule has 1 aromatic heterocycles. The molecular formula is C24H24N4O5. The zero-order valence-electron chi connectivity index (χ0n) is 18.2. The number of aliphatic imine (C=N–C) groups is 1. The molecule has 0 amide bonds. The molecule has 2 aromatic carbocycles. The zero-order chi connectivity index (χ0) is 22.8. The van der Waals surface area contributed by atoms with Gasteiger partial charge in [0.15, 0.2) is 5.88 Å². The summed E-state index contributed by atoms with van der Waals surface area (Å²) in [4.78, 5) is 27.7. The van der Waals surface area contributed by atoms with Crippen molar-refractivity contribution in [2.75, 3.05) is 46.6 Å². The predicted octanol–water partition coefficient (Wildman–Crippen LogP) is 2.85. The smallest absolute Gasteiger partial charge is 0.337 e. The summed E-state index contributed by atoms with van der Waals surface area (Å²) in [5.74, 6) is -0.514. The van der Waals surface area contributed by atoms with Gasteiger partial charge in [-0.25, -0.2) is 9.79 Å². The molecule has 9 heteroatoms. The van der Waals surface area contributed by atoms with Crippen molar-refractivity contribution in [2.45, 2.75) is 0 Å². The van der Waals surface area contributed by atoms with Crippen LogP contribution in [-0.2, 0) is 14.3 Å². The SMILES string of the molecule is COC(=O)c1ccc2[nH]c(O)c(C3=Nc4ccccc4/C3=N\OCCN3CCOCC3)c2c1. The molecule has 0 unspecified atom stereocenters. The van der Waals surface area contributed by atoms with Crippen LogP contribution in [0.5, 0.6) is 5.88 Å². The number of ether oxygens (including phenoxy) is 2. The fourth-order valence-electron chi connectivity index (χ4n) is 4.11. The van der Waals surface area contributed by atoms with Gasteiger partial charge in [-0.2, -0.15) is 0 Å². The van der Waals surface area contributed by atoms with E-state index < -0.39 is 5.97 Å². The standard InChI is InChI=1S/C24H24N4O5/c1-31-24(30)15-6-7-19-17(14-15)20(23(29)26-19)22-21(16-4-2-3-5-18(16)25-22)27-33-13-10-28-8-11-32-12-9-28/h2-7,14,26,29H,8-13H2,1H3/b27-21+. The van der Waals surface area contributed by atoms with E-state index in [1.165, 1.54) is 7.11 Å². The normalized spacial score (nSPS) is 17.2. The van der Waals surface area contributed by atoms with Gasteiger partial charge in [0.1, 0.15) is 18.0 Å². The minimum absolute atomic E-state index is 0.0559. The van der Waals surface area contributed by atoms with E-state index in [4.69, 9.17) is 19.3 Å². The minimum atomic E-state index is -0.458. The van der Waals surface area contributed by atoms with Gasteiger partial charge >= 0.3 is 5.97 Å². The summed E-state index contributed by atoms with van der Waals surface area (Å²) < 4.78 is 10.2. The van der Waals surface area contributed by atoms with Crippen LogP contribution >= 0.6 is 0 Å². The van der Waals surface area contributed by atoms with Gasteiger partial charge in [-0.05, 0) is 24.3 Å². The number of rotatable bonds is 6. The van der Waals surface area contributed by atoms with Crippen molar-refractivity contribution in [1.29, 1.82) is 0 Å². The lowest BCUT2D eigenvalue weighted by Gasteiger charge is -2.25. The number of carbonyl (C=O) groups is 1. The Morgan fingerprint density at radius 2 is 2.06 bits per heavy atom. The lowest BCUT2D eigenvalue weighted by atomic mass is 10.00. The molecule has 0 bridgehead atoms. The van der Waals surface area contributed by atoms with Crippen molar-refractivity contribution in [3.05, 3.63) is 59.2 Å². The van der Waals surface area contributed by atoms with E-state index in [9.17, 15) is 9.90 Å². The van der Waals surface area contributed by atoms with Crippen LogP contribution in [0.4, 0.5) is 5.69 Å². The number of carbonyl (C=O) groups excluding carboxylic acids is 1. The maximum absolute atomic E-state index is 12.1. The number of esters is 1. The maximum atomic E-state index is 12.1. The third-order valence-electron chi connectivity index (χ3n) is 5.81. The fourth-order valence-corrected chi connectivity index (χ4v) is 4.11. The average molecular weight is 448 g/mol. The second kappa shape index (κ2) is 9.05. The minimum Gasteiger partial charge on any atom is -0.494 e. The monoisotopic (exact) mass is 448 g/mol. The number of hydrogen-bond acceptors (Lipinski definition) is 8. The van der Waals surface area contributed by atoms with Crippen molar-refractivity contribution in [1.82, 2.24) is 9.88 Å². The Bertz CT molecular complexity index is 1260. The zero-order valence-corrected chi connectivity index (χ0v) is 18.2. The highest BCUT2D eigenvalue weighted by Gasteiger charge is 2.29. The lowest BCUT2D eigenvalue weighted by molar-refractivity contribution is 0.0213. The molecule has 9 nitrogen and oxygen atoms in total. The number of aromatic nitrogens is 1. The van der Waals surface area contributed by atoms with Gasteiger partial charge in [0.25, 0.3) is 0 Å². The van der Waals surface area contributed by atoms with Crippen molar-refractivity contribution >= 4 is 34.0 Å². The molecule has 3 heterocycles. The summed E-state index contributed by atoms with van der Waals surface area (Å²) in [6.45, 7) is 4.38. The summed E-state index contributed by atoms with van der Waals surface area (Å²) in [7, 11) is 1.33. The lowest BCUT2D eigenvalue weighted by Crippen LogP contribution is -2.38. The Kier molecular flexibility index (Phi) is 5.80. The van der Waals surface area contributed by atoms with Gasteiger partial charge in [-0.3, -0.25) is 4.90 Å². The number of methoxy groups -OCH3 is 1. The van der Waals surface area contributed by atoms with Crippen LogP contribution in [0.25, 0.3) is 10.9 Å². The molecule has 3 aromatic rings. The molecule has 0 saturated carbocycles.